The average molecular weight is 418 g/mol. The van der Waals surface area contributed by atoms with Gasteiger partial charge in [0.15, 0.2) is 0 Å². The molecule has 31 heavy (non-hydrogen) atoms. The van der Waals surface area contributed by atoms with E-state index in [9.17, 15) is 4.79 Å². The van der Waals surface area contributed by atoms with Crippen LogP contribution in [0.2, 0.25) is 0 Å². The Bertz CT molecular complexity index is 1060. The molecule has 0 spiro atoms. The molecule has 1 unspecified atom stereocenters. The van der Waals surface area contributed by atoms with Gasteiger partial charge >= 0.3 is 0 Å². The topological polar surface area (TPSA) is 80.2 Å². The molecule has 1 aliphatic rings. The molecule has 1 atom stereocenters. The molecule has 7 heteroatoms. The van der Waals surface area contributed by atoms with Crippen molar-refractivity contribution >= 4 is 17.5 Å². The number of methoxy groups -OCH3 is 1. The number of carbonyl (C=O) groups excluding carboxylic acids is 1. The van der Waals surface area contributed by atoms with Gasteiger partial charge in [0.1, 0.15) is 17.4 Å². The van der Waals surface area contributed by atoms with Gasteiger partial charge in [0.2, 0.25) is 5.91 Å². The maximum atomic E-state index is 13.0. The van der Waals surface area contributed by atoms with Crippen molar-refractivity contribution in [3.8, 4) is 5.75 Å². The molecule has 1 aliphatic heterocycles. The van der Waals surface area contributed by atoms with Crippen LogP contribution in [0.25, 0.3) is 0 Å². The van der Waals surface area contributed by atoms with E-state index in [0.717, 1.165) is 47.9 Å². The summed E-state index contributed by atoms with van der Waals surface area (Å²) < 4.78 is 5.41. The SMILES string of the molecule is COc1ccccc1CCC(=O)N1CCCC1c1cncc(Nc2cccc(C)n2)n1. The Morgan fingerprint density at radius 2 is 2.00 bits per heavy atom. The van der Waals surface area contributed by atoms with Crippen molar-refractivity contribution in [2.45, 2.75) is 38.6 Å². The van der Waals surface area contributed by atoms with Crippen molar-refractivity contribution in [1.29, 1.82) is 0 Å². The number of carbonyl (C=O) groups is 1. The Hall–Kier alpha value is -3.48. The second-order valence-corrected chi connectivity index (χ2v) is 7.68. The number of aromatic nitrogens is 3. The highest BCUT2D eigenvalue weighted by molar-refractivity contribution is 5.77. The number of anilines is 2. The lowest BCUT2D eigenvalue weighted by atomic mass is 10.1. The molecule has 0 saturated carbocycles. The van der Waals surface area contributed by atoms with Crippen LogP contribution in [0.1, 0.15) is 42.3 Å². The van der Waals surface area contributed by atoms with E-state index in [1.807, 2.05) is 54.3 Å². The Kier molecular flexibility index (Phi) is 6.40. The zero-order valence-corrected chi connectivity index (χ0v) is 17.9. The zero-order valence-electron chi connectivity index (χ0n) is 17.9. The van der Waals surface area contributed by atoms with Crippen LogP contribution in [0.5, 0.6) is 5.75 Å². The number of amides is 1. The highest BCUT2D eigenvalue weighted by atomic mass is 16.5. The number of aryl methyl sites for hydroxylation is 2. The average Bonchev–Trinajstić information content (AvgIpc) is 3.28. The third kappa shape index (κ3) is 4.99. The van der Waals surface area contributed by atoms with E-state index in [0.29, 0.717) is 18.7 Å². The minimum Gasteiger partial charge on any atom is -0.496 e. The molecule has 0 radical (unpaired) electrons. The van der Waals surface area contributed by atoms with Gasteiger partial charge < -0.3 is 15.0 Å². The Morgan fingerprint density at radius 3 is 2.84 bits per heavy atom. The third-order valence-electron chi connectivity index (χ3n) is 5.51. The van der Waals surface area contributed by atoms with Crippen molar-refractivity contribution in [1.82, 2.24) is 19.9 Å². The predicted octanol–water partition coefficient (Wildman–Crippen LogP) is 4.23. The molecule has 3 aromatic rings. The minimum atomic E-state index is -0.0510. The first-order valence-corrected chi connectivity index (χ1v) is 10.6. The van der Waals surface area contributed by atoms with Crippen LogP contribution in [-0.2, 0) is 11.2 Å². The first-order valence-electron chi connectivity index (χ1n) is 10.6. The fourth-order valence-electron chi connectivity index (χ4n) is 4.01. The summed E-state index contributed by atoms with van der Waals surface area (Å²) in [5.74, 6) is 2.31. The summed E-state index contributed by atoms with van der Waals surface area (Å²) in [6.45, 7) is 2.69. The minimum absolute atomic E-state index is 0.0510. The molecule has 4 rings (SSSR count). The van der Waals surface area contributed by atoms with E-state index in [1.54, 1.807) is 19.5 Å². The van der Waals surface area contributed by atoms with Crippen LogP contribution in [0.4, 0.5) is 11.6 Å². The number of benzene rings is 1. The maximum absolute atomic E-state index is 13.0. The van der Waals surface area contributed by atoms with Crippen molar-refractivity contribution in [2.75, 3.05) is 19.0 Å². The fourth-order valence-corrected chi connectivity index (χ4v) is 4.01. The highest BCUT2D eigenvalue weighted by Crippen LogP contribution is 2.32. The van der Waals surface area contributed by atoms with E-state index in [4.69, 9.17) is 9.72 Å². The van der Waals surface area contributed by atoms with Crippen LogP contribution in [0.3, 0.4) is 0 Å². The quantitative estimate of drug-likeness (QED) is 0.620. The summed E-state index contributed by atoms with van der Waals surface area (Å²) in [7, 11) is 1.66. The van der Waals surface area contributed by atoms with Gasteiger partial charge in [-0.25, -0.2) is 9.97 Å². The van der Waals surface area contributed by atoms with Gasteiger partial charge in [-0.3, -0.25) is 9.78 Å². The molecule has 0 aliphatic carbocycles. The smallest absolute Gasteiger partial charge is 0.223 e. The monoisotopic (exact) mass is 417 g/mol. The Morgan fingerprint density at radius 1 is 1.13 bits per heavy atom. The lowest BCUT2D eigenvalue weighted by Crippen LogP contribution is -2.31. The number of hydrogen-bond donors (Lipinski definition) is 1. The lowest BCUT2D eigenvalue weighted by molar-refractivity contribution is -0.132. The number of ether oxygens (including phenoxy) is 1. The third-order valence-corrected chi connectivity index (χ3v) is 5.51. The summed E-state index contributed by atoms with van der Waals surface area (Å²) >= 11 is 0. The number of hydrogen-bond acceptors (Lipinski definition) is 6. The molecule has 1 amide bonds. The van der Waals surface area contributed by atoms with Gasteiger partial charge in [0, 0.05) is 18.7 Å². The van der Waals surface area contributed by atoms with E-state index < -0.39 is 0 Å². The van der Waals surface area contributed by atoms with E-state index in [1.165, 1.54) is 0 Å². The van der Waals surface area contributed by atoms with Gasteiger partial charge in [-0.2, -0.15) is 0 Å². The fraction of sp³-hybridized carbons (Fsp3) is 0.333. The number of nitrogens with one attached hydrogen (secondary N) is 1. The van der Waals surface area contributed by atoms with Crippen LogP contribution in [0, 0.1) is 6.92 Å². The first-order chi connectivity index (χ1) is 15.1. The van der Waals surface area contributed by atoms with Crippen LogP contribution in [0.15, 0.2) is 54.9 Å². The molecule has 7 nitrogen and oxygen atoms in total. The van der Waals surface area contributed by atoms with Gasteiger partial charge in [0.05, 0.1) is 31.2 Å². The molecular formula is C24H27N5O2. The standard InChI is InChI=1S/C24H27N5O2/c1-17-7-5-11-22(26-17)28-23-16-25-15-19(27-23)20-9-6-14-29(20)24(30)13-12-18-8-3-4-10-21(18)31-2/h3-5,7-8,10-11,15-16,20H,6,9,12-14H2,1-2H3,(H,26,27,28). The van der Waals surface area contributed by atoms with Crippen molar-refractivity contribution in [3.63, 3.8) is 0 Å². The van der Waals surface area contributed by atoms with Gasteiger partial charge in [0.25, 0.3) is 0 Å². The highest BCUT2D eigenvalue weighted by Gasteiger charge is 2.31. The summed E-state index contributed by atoms with van der Waals surface area (Å²) in [4.78, 5) is 28.5. The van der Waals surface area contributed by atoms with Crippen molar-refractivity contribution in [2.24, 2.45) is 0 Å². The van der Waals surface area contributed by atoms with Crippen molar-refractivity contribution in [3.05, 3.63) is 71.8 Å². The lowest BCUT2D eigenvalue weighted by Gasteiger charge is -2.24. The summed E-state index contributed by atoms with van der Waals surface area (Å²) in [6.07, 6.45) is 6.38. The molecule has 1 saturated heterocycles. The molecule has 0 bridgehead atoms. The number of para-hydroxylation sites is 1. The largest absolute Gasteiger partial charge is 0.496 e. The van der Waals surface area contributed by atoms with Gasteiger partial charge in [-0.1, -0.05) is 24.3 Å². The molecule has 1 aromatic carbocycles. The van der Waals surface area contributed by atoms with Crippen LogP contribution in [-0.4, -0.2) is 39.4 Å². The number of likely N-dealkylation sites (tertiary alicyclic amines) is 1. The Balaban J connectivity index is 1.44. The number of pyridine rings is 1. The summed E-state index contributed by atoms with van der Waals surface area (Å²) in [5.41, 5.74) is 2.78. The van der Waals surface area contributed by atoms with E-state index >= 15 is 0 Å². The van der Waals surface area contributed by atoms with Gasteiger partial charge in [-0.05, 0) is 49.9 Å². The number of rotatable bonds is 7. The van der Waals surface area contributed by atoms with E-state index in [-0.39, 0.29) is 11.9 Å². The zero-order chi connectivity index (χ0) is 21.6. The van der Waals surface area contributed by atoms with Crippen LogP contribution >= 0.6 is 0 Å². The summed E-state index contributed by atoms with van der Waals surface area (Å²) in [5, 5.41) is 3.21. The molecule has 3 heterocycles. The first kappa shape index (κ1) is 20.8. The second kappa shape index (κ2) is 9.55. The maximum Gasteiger partial charge on any atom is 0.223 e. The molecule has 1 N–H and O–H groups in total. The Labute approximate surface area is 182 Å². The molecule has 160 valence electrons. The molecule has 1 fully saturated rings. The predicted molar refractivity (Wildman–Crippen MR) is 119 cm³/mol. The second-order valence-electron chi connectivity index (χ2n) is 7.68. The normalized spacial score (nSPS) is 15.7. The molecular weight excluding hydrogens is 390 g/mol. The van der Waals surface area contributed by atoms with Crippen molar-refractivity contribution < 1.29 is 9.53 Å². The molecule has 2 aromatic heterocycles. The van der Waals surface area contributed by atoms with Gasteiger partial charge in [-0.15, -0.1) is 0 Å². The van der Waals surface area contributed by atoms with E-state index in [2.05, 4.69) is 15.3 Å². The summed E-state index contributed by atoms with van der Waals surface area (Å²) in [6, 6.07) is 13.6. The van der Waals surface area contributed by atoms with Crippen LogP contribution < -0.4 is 10.1 Å². The number of nitrogens with zero attached hydrogens (tertiary/aromatic N) is 4.